The van der Waals surface area contributed by atoms with Crippen LogP contribution >= 0.6 is 0 Å². The summed E-state index contributed by atoms with van der Waals surface area (Å²) < 4.78 is 11.7. The molecular formula is C44H61N5O12. The maximum absolute atomic E-state index is 13.5. The second-order valence-electron chi connectivity index (χ2n) is 16.7. The van der Waals surface area contributed by atoms with Gasteiger partial charge in [-0.15, -0.1) is 0 Å². The number of hydrogen-bond donors (Lipinski definition) is 11. The van der Waals surface area contributed by atoms with Crippen LogP contribution in [-0.2, 0) is 27.3 Å². The van der Waals surface area contributed by atoms with E-state index in [1.165, 1.54) is 11.9 Å². The molecule has 0 radical (unpaired) electrons. The zero-order valence-electron chi connectivity index (χ0n) is 35.7. The van der Waals surface area contributed by atoms with Gasteiger partial charge in [-0.1, -0.05) is 13.8 Å². The molecule has 334 valence electrons. The Kier molecular flexibility index (Phi) is 14.5. The van der Waals surface area contributed by atoms with Crippen molar-refractivity contribution in [2.75, 3.05) is 26.8 Å². The summed E-state index contributed by atoms with van der Waals surface area (Å²) in [6.07, 6.45) is -10.8. The molecule has 3 aliphatic rings. The summed E-state index contributed by atoms with van der Waals surface area (Å²) in [5.41, 5.74) is 11.9. The Labute approximate surface area is 354 Å². The molecule has 0 aliphatic carbocycles. The van der Waals surface area contributed by atoms with Crippen molar-refractivity contribution in [2.45, 2.75) is 134 Å². The molecule has 8 bridgehead atoms. The highest BCUT2D eigenvalue weighted by atomic mass is 16.7. The molecule has 3 aromatic rings. The average Bonchev–Trinajstić information content (AvgIpc) is 3.95. The Morgan fingerprint density at radius 1 is 0.852 bits per heavy atom. The van der Waals surface area contributed by atoms with Gasteiger partial charge in [-0.2, -0.15) is 0 Å². The van der Waals surface area contributed by atoms with Gasteiger partial charge in [-0.05, 0) is 92.6 Å². The normalized spacial score (nSPS) is 24.9. The molecule has 61 heavy (non-hydrogen) atoms. The van der Waals surface area contributed by atoms with E-state index in [0.717, 1.165) is 79.1 Å². The summed E-state index contributed by atoms with van der Waals surface area (Å²) >= 11 is 0. The highest BCUT2D eigenvalue weighted by Gasteiger charge is 2.44. The van der Waals surface area contributed by atoms with Crippen molar-refractivity contribution in [3.05, 3.63) is 68.8 Å². The number of fused-ring (bicyclic) bond motifs is 8. The second-order valence-corrected chi connectivity index (χ2v) is 16.7. The van der Waals surface area contributed by atoms with E-state index in [2.05, 4.69) is 23.8 Å². The van der Waals surface area contributed by atoms with E-state index in [9.17, 15) is 45.6 Å². The number of rotatable bonds is 14. The molecule has 6 heterocycles. The number of allylic oxidation sites excluding steroid dienone is 1. The molecule has 17 nitrogen and oxygen atoms in total. The van der Waals surface area contributed by atoms with Gasteiger partial charge >= 0.3 is 0 Å². The van der Waals surface area contributed by atoms with Gasteiger partial charge in [0, 0.05) is 70.9 Å². The largest absolute Gasteiger partial charge is 0.394 e. The topological polar surface area (TPSA) is 278 Å². The third-order valence-electron chi connectivity index (χ3n) is 12.7. The lowest BCUT2D eigenvalue weighted by Gasteiger charge is -2.39. The van der Waals surface area contributed by atoms with Gasteiger partial charge in [0.15, 0.2) is 6.29 Å². The number of nitrogens with zero attached hydrogens (tertiary/aromatic N) is 3. The van der Waals surface area contributed by atoms with Crippen LogP contribution in [0.25, 0.3) is 33.7 Å². The fourth-order valence-corrected chi connectivity index (χ4v) is 8.54. The molecular weight excluding hydrogens is 791 g/mol. The minimum Gasteiger partial charge on any atom is -0.394 e. The fraction of sp³-hybridized carbons (Fsp3) is 0.568. The molecule has 17 heteroatoms. The SMILES string of the molecule is CCc1c(C)c2cc3[nH]c(cc4nc(c(C)c5nc(cc1[nH]2)C(C)=C5)[C@@H](CCC(=O)N(C)C[C@H](O)[C@@H](O)[C@H](O)[C@H](O)CO)[C@@H]4C)c(C)c3CO[C@@H]1O[C@H](CO)[C@@H](O)[C@H](O)[C@H]1O. The smallest absolute Gasteiger partial charge is 0.222 e. The number of aromatic amines is 2. The quantitative estimate of drug-likeness (QED) is 0.109. The van der Waals surface area contributed by atoms with Crippen molar-refractivity contribution < 1.29 is 60.2 Å². The summed E-state index contributed by atoms with van der Waals surface area (Å²) in [4.78, 5) is 32.2. The van der Waals surface area contributed by atoms with Gasteiger partial charge in [0.05, 0.1) is 31.2 Å². The number of carbonyl (C=O) groups excluding carboxylic acids is 1. The predicted molar refractivity (Wildman–Crippen MR) is 226 cm³/mol. The predicted octanol–water partition coefficient (Wildman–Crippen LogP) is 1.24. The summed E-state index contributed by atoms with van der Waals surface area (Å²) in [5.74, 6) is -0.720. The van der Waals surface area contributed by atoms with Gasteiger partial charge in [-0.3, -0.25) is 9.78 Å². The molecule has 0 aromatic carbocycles. The Hall–Kier alpha value is -4.11. The summed E-state index contributed by atoms with van der Waals surface area (Å²) in [7, 11) is 1.48. The van der Waals surface area contributed by atoms with E-state index in [1.54, 1.807) is 0 Å². The van der Waals surface area contributed by atoms with Crippen molar-refractivity contribution in [3.8, 4) is 0 Å². The van der Waals surface area contributed by atoms with E-state index in [0.29, 0.717) is 11.9 Å². The molecule has 1 fully saturated rings. The van der Waals surface area contributed by atoms with Crippen LogP contribution in [0.5, 0.6) is 0 Å². The molecule has 11 N–H and O–H groups in total. The van der Waals surface area contributed by atoms with Crippen LogP contribution in [0, 0.1) is 20.8 Å². The first-order chi connectivity index (χ1) is 28.9. The number of amides is 1. The van der Waals surface area contributed by atoms with Crippen LogP contribution in [0.2, 0.25) is 0 Å². The molecule has 0 saturated carbocycles. The molecule has 1 saturated heterocycles. The molecule has 11 atom stereocenters. The maximum Gasteiger partial charge on any atom is 0.222 e. The minimum atomic E-state index is -1.81. The van der Waals surface area contributed by atoms with Crippen LogP contribution in [0.15, 0.2) is 18.2 Å². The van der Waals surface area contributed by atoms with E-state index >= 15 is 0 Å². The molecule has 6 rings (SSSR count). The average molecular weight is 852 g/mol. The second kappa shape index (κ2) is 19.1. The monoisotopic (exact) mass is 851 g/mol. The Balaban J connectivity index is 1.42. The van der Waals surface area contributed by atoms with Crippen LogP contribution in [-0.4, -0.2) is 159 Å². The van der Waals surface area contributed by atoms with E-state index in [4.69, 9.17) is 24.5 Å². The first-order valence-electron chi connectivity index (χ1n) is 20.8. The summed E-state index contributed by atoms with van der Waals surface area (Å²) in [6, 6.07) is 6.01. The van der Waals surface area contributed by atoms with Crippen molar-refractivity contribution in [2.24, 2.45) is 0 Å². The molecule has 0 spiro atoms. The third-order valence-corrected chi connectivity index (χ3v) is 12.7. The number of likely N-dealkylation sites (N-methyl/N-ethyl adjacent to an activating group) is 1. The first kappa shape index (κ1) is 46.4. The third kappa shape index (κ3) is 9.33. The van der Waals surface area contributed by atoms with Gasteiger partial charge in [0.2, 0.25) is 5.91 Å². The van der Waals surface area contributed by atoms with Crippen molar-refractivity contribution in [1.29, 1.82) is 0 Å². The van der Waals surface area contributed by atoms with Crippen LogP contribution < -0.4 is 0 Å². The lowest BCUT2D eigenvalue weighted by atomic mass is 9.85. The number of aliphatic hydroxyl groups is 9. The first-order valence-corrected chi connectivity index (χ1v) is 20.8. The van der Waals surface area contributed by atoms with Crippen LogP contribution in [0.3, 0.4) is 0 Å². The minimum absolute atomic E-state index is 0.0658. The highest BCUT2D eigenvalue weighted by molar-refractivity contribution is 5.85. The maximum atomic E-state index is 13.5. The molecule has 3 aliphatic heterocycles. The zero-order valence-corrected chi connectivity index (χ0v) is 35.7. The number of H-pyrrole nitrogens is 2. The fourth-order valence-electron chi connectivity index (χ4n) is 8.54. The van der Waals surface area contributed by atoms with Gasteiger partial charge < -0.3 is 70.3 Å². The van der Waals surface area contributed by atoms with E-state index in [-0.39, 0.29) is 37.3 Å². The summed E-state index contributed by atoms with van der Waals surface area (Å²) in [6.45, 7) is 10.3. The van der Waals surface area contributed by atoms with E-state index in [1.807, 2.05) is 52.0 Å². The number of nitrogens with one attached hydrogen (secondary N) is 2. The number of carbonyl (C=O) groups is 1. The molecule has 0 unspecified atom stereocenters. The van der Waals surface area contributed by atoms with E-state index < -0.39 is 68.3 Å². The lowest BCUT2D eigenvalue weighted by molar-refractivity contribution is -0.304. The standard InChI is InChI=1S/C44H61N5O12/c1-8-24-20(3)30-14-33-26(18-60-44-43(59)42(58)41(57)36(17-51)61-44)22(5)29(47-33)13-31-21(4)25(9-10-37(54)49(7)15-34(52)39(55)40(56)35(53)16-50)38(48-31)23(6)28-11-19(2)27(45-28)12-32(24)46-30/h11-14,21,25,34-36,39-44,46-47,50-53,55-59H,8-10,15-18H2,1-7H3/t21-,25-,34-,35+,36+,39+,40+,41+,42-,43+,44+/m0/s1. The van der Waals surface area contributed by atoms with Gasteiger partial charge in [0.1, 0.15) is 48.8 Å². The van der Waals surface area contributed by atoms with Crippen molar-refractivity contribution in [1.82, 2.24) is 24.8 Å². The number of aliphatic hydroxyl groups excluding tert-OH is 9. The molecule has 1 amide bonds. The van der Waals surface area contributed by atoms with Crippen LogP contribution in [0.1, 0.15) is 96.0 Å². The zero-order chi connectivity index (χ0) is 44.6. The van der Waals surface area contributed by atoms with Crippen LogP contribution in [0.4, 0.5) is 0 Å². The summed E-state index contributed by atoms with van der Waals surface area (Å²) in [5, 5.41) is 91.0. The molecule has 3 aromatic heterocycles. The Morgan fingerprint density at radius 3 is 2.15 bits per heavy atom. The van der Waals surface area contributed by atoms with Crippen molar-refractivity contribution >= 4 is 39.6 Å². The number of hydrogen-bond acceptors (Lipinski definition) is 14. The Morgan fingerprint density at radius 2 is 1.49 bits per heavy atom. The van der Waals surface area contributed by atoms with Gasteiger partial charge in [-0.25, -0.2) is 4.98 Å². The van der Waals surface area contributed by atoms with Crippen molar-refractivity contribution in [3.63, 3.8) is 0 Å². The Bertz CT molecular complexity index is 2270. The number of ether oxygens (including phenoxy) is 2. The number of aryl methyl sites for hydroxylation is 3. The lowest BCUT2D eigenvalue weighted by Crippen LogP contribution is -2.59. The van der Waals surface area contributed by atoms with Gasteiger partial charge in [0.25, 0.3) is 0 Å². The number of aromatic nitrogens is 4. The highest BCUT2D eigenvalue weighted by Crippen LogP contribution is 2.42.